The summed E-state index contributed by atoms with van der Waals surface area (Å²) in [6, 6.07) is 5.62. The fourth-order valence-electron chi connectivity index (χ4n) is 4.26. The van der Waals surface area contributed by atoms with Crippen molar-refractivity contribution in [2.75, 3.05) is 7.11 Å². The summed E-state index contributed by atoms with van der Waals surface area (Å²) in [7, 11) is 1.60. The molecule has 0 aliphatic heterocycles. The minimum absolute atomic E-state index is 0.118. The first kappa shape index (κ1) is 17.8. The van der Waals surface area contributed by atoms with E-state index in [-0.39, 0.29) is 23.3 Å². The molecular weight excluding hydrogens is 342 g/mol. The Balaban J connectivity index is 2.22. The number of ether oxygens (including phenoxy) is 1. The normalized spacial score (nSPS) is 16.3. The Hall–Kier alpha value is -2.63. The minimum atomic E-state index is -0.254. The number of fused-ring (bicyclic) bond motifs is 3. The molecule has 1 aromatic carbocycles. The highest BCUT2D eigenvalue weighted by Crippen LogP contribution is 2.34. The maximum Gasteiger partial charge on any atom is 0.332 e. The van der Waals surface area contributed by atoms with E-state index < -0.39 is 0 Å². The number of nitrogens with zero attached hydrogens (tertiary/aromatic N) is 3. The van der Waals surface area contributed by atoms with E-state index in [1.807, 2.05) is 36.6 Å². The predicted molar refractivity (Wildman–Crippen MR) is 107 cm³/mol. The van der Waals surface area contributed by atoms with Gasteiger partial charge in [-0.1, -0.05) is 31.9 Å². The maximum absolute atomic E-state index is 13.5. The number of pyridine rings is 1. The summed E-state index contributed by atoms with van der Waals surface area (Å²) < 4.78 is 8.72. The van der Waals surface area contributed by atoms with Crippen LogP contribution in [0.3, 0.4) is 0 Å². The van der Waals surface area contributed by atoms with Gasteiger partial charge in [-0.3, -0.25) is 18.9 Å². The SMILES string of the molecule is CCC(C)n1c(=O)c2cnc3c(OC)cccc3c2n(C2CCCC2)c1=O. The first-order valence-corrected chi connectivity index (χ1v) is 9.71. The van der Waals surface area contributed by atoms with Crippen LogP contribution >= 0.6 is 0 Å². The van der Waals surface area contributed by atoms with Gasteiger partial charge < -0.3 is 4.74 Å². The van der Waals surface area contributed by atoms with Gasteiger partial charge in [-0.2, -0.15) is 0 Å². The lowest BCUT2D eigenvalue weighted by Gasteiger charge is -2.22. The third kappa shape index (κ3) is 2.66. The summed E-state index contributed by atoms with van der Waals surface area (Å²) in [5, 5.41) is 1.30. The van der Waals surface area contributed by atoms with Crippen LogP contribution in [0.5, 0.6) is 5.75 Å². The number of methoxy groups -OCH3 is 1. The van der Waals surface area contributed by atoms with Crippen molar-refractivity contribution in [3.8, 4) is 5.75 Å². The van der Waals surface area contributed by atoms with Gasteiger partial charge in [0.05, 0.1) is 18.0 Å². The molecule has 27 heavy (non-hydrogen) atoms. The van der Waals surface area contributed by atoms with Gasteiger partial charge >= 0.3 is 5.69 Å². The van der Waals surface area contributed by atoms with Gasteiger partial charge in [0, 0.05) is 23.7 Å². The van der Waals surface area contributed by atoms with E-state index >= 15 is 0 Å². The molecule has 1 aliphatic carbocycles. The molecule has 0 N–H and O–H groups in total. The van der Waals surface area contributed by atoms with Gasteiger partial charge in [0.1, 0.15) is 11.3 Å². The molecule has 0 saturated heterocycles. The fraction of sp³-hybridized carbons (Fsp3) is 0.476. The summed E-state index contributed by atoms with van der Waals surface area (Å²) in [4.78, 5) is 31.2. The van der Waals surface area contributed by atoms with E-state index in [9.17, 15) is 9.59 Å². The summed E-state index contributed by atoms with van der Waals surface area (Å²) in [6.45, 7) is 3.91. The molecule has 0 bridgehead atoms. The molecule has 1 unspecified atom stereocenters. The van der Waals surface area contributed by atoms with Crippen LogP contribution in [0.15, 0.2) is 34.0 Å². The van der Waals surface area contributed by atoms with Gasteiger partial charge in [0.2, 0.25) is 0 Å². The van der Waals surface area contributed by atoms with Gasteiger partial charge in [0.15, 0.2) is 0 Å². The van der Waals surface area contributed by atoms with Crippen molar-refractivity contribution >= 4 is 21.8 Å². The Morgan fingerprint density at radius 2 is 1.96 bits per heavy atom. The third-order valence-electron chi connectivity index (χ3n) is 5.88. The van der Waals surface area contributed by atoms with Crippen molar-refractivity contribution in [2.45, 2.75) is 58.0 Å². The largest absolute Gasteiger partial charge is 0.494 e. The van der Waals surface area contributed by atoms with E-state index in [1.54, 1.807) is 13.3 Å². The zero-order valence-electron chi connectivity index (χ0n) is 16.1. The zero-order chi connectivity index (χ0) is 19.1. The quantitative estimate of drug-likeness (QED) is 0.658. The summed E-state index contributed by atoms with van der Waals surface area (Å²) in [5.74, 6) is 0.644. The van der Waals surface area contributed by atoms with Crippen molar-refractivity contribution in [3.05, 3.63) is 45.2 Å². The van der Waals surface area contributed by atoms with Crippen LogP contribution < -0.4 is 16.0 Å². The highest BCUT2D eigenvalue weighted by molar-refractivity contribution is 6.04. The standard InChI is InChI=1S/C21H25N3O3/c1-4-13(2)23-20(25)16-12-22-18-15(10-7-11-17(18)27-3)19(16)24(21(23)26)14-8-5-6-9-14/h7,10-14H,4-6,8-9H2,1-3H3. The summed E-state index contributed by atoms with van der Waals surface area (Å²) >= 11 is 0. The van der Waals surface area contributed by atoms with Crippen LogP contribution in [0.2, 0.25) is 0 Å². The molecule has 1 fully saturated rings. The number of para-hydroxylation sites is 1. The van der Waals surface area contributed by atoms with Crippen LogP contribution in [0.1, 0.15) is 58.0 Å². The summed E-state index contributed by atoms with van der Waals surface area (Å²) in [6.07, 6.45) is 6.45. The molecule has 0 radical (unpaired) electrons. The lowest BCUT2D eigenvalue weighted by molar-refractivity contribution is 0.418. The highest BCUT2D eigenvalue weighted by Gasteiger charge is 2.26. The Morgan fingerprint density at radius 1 is 1.22 bits per heavy atom. The third-order valence-corrected chi connectivity index (χ3v) is 5.88. The fourth-order valence-corrected chi connectivity index (χ4v) is 4.26. The second kappa shape index (κ2) is 6.83. The number of rotatable bonds is 4. The first-order chi connectivity index (χ1) is 13.1. The van der Waals surface area contributed by atoms with E-state index in [4.69, 9.17) is 4.74 Å². The number of hydrogen-bond acceptors (Lipinski definition) is 4. The van der Waals surface area contributed by atoms with Crippen LogP contribution in [0.4, 0.5) is 0 Å². The Labute approximate surface area is 157 Å². The average molecular weight is 367 g/mol. The highest BCUT2D eigenvalue weighted by atomic mass is 16.5. The molecule has 0 amide bonds. The molecule has 3 aromatic rings. The van der Waals surface area contributed by atoms with Crippen LogP contribution in [-0.2, 0) is 0 Å². The first-order valence-electron chi connectivity index (χ1n) is 9.71. The number of hydrogen-bond donors (Lipinski definition) is 0. The zero-order valence-corrected chi connectivity index (χ0v) is 16.1. The minimum Gasteiger partial charge on any atom is -0.494 e. The van der Waals surface area contributed by atoms with Gasteiger partial charge in [0.25, 0.3) is 5.56 Å². The molecule has 1 atom stereocenters. The second-order valence-corrected chi connectivity index (χ2v) is 7.40. The molecule has 1 saturated carbocycles. The van der Waals surface area contributed by atoms with Gasteiger partial charge in [-0.05, 0) is 32.3 Å². The van der Waals surface area contributed by atoms with Gasteiger partial charge in [-0.15, -0.1) is 0 Å². The van der Waals surface area contributed by atoms with Crippen molar-refractivity contribution in [2.24, 2.45) is 0 Å². The van der Waals surface area contributed by atoms with E-state index in [1.165, 1.54) is 4.57 Å². The molecule has 1 aliphatic rings. The van der Waals surface area contributed by atoms with Crippen LogP contribution in [0, 0.1) is 0 Å². The smallest absolute Gasteiger partial charge is 0.332 e. The molecule has 0 spiro atoms. The number of aromatic nitrogens is 3. The lowest BCUT2D eigenvalue weighted by atomic mass is 10.1. The van der Waals surface area contributed by atoms with E-state index in [2.05, 4.69) is 4.98 Å². The Kier molecular flexibility index (Phi) is 4.50. The maximum atomic E-state index is 13.5. The molecule has 2 heterocycles. The van der Waals surface area contributed by atoms with Crippen LogP contribution in [-0.4, -0.2) is 21.2 Å². The number of benzene rings is 1. The predicted octanol–water partition coefficient (Wildman–Crippen LogP) is 3.81. The van der Waals surface area contributed by atoms with Gasteiger partial charge in [-0.25, -0.2) is 4.79 Å². The molecule has 6 nitrogen and oxygen atoms in total. The monoisotopic (exact) mass is 367 g/mol. The van der Waals surface area contributed by atoms with Crippen LogP contribution in [0.25, 0.3) is 21.8 Å². The van der Waals surface area contributed by atoms with Crippen molar-refractivity contribution < 1.29 is 4.74 Å². The second-order valence-electron chi connectivity index (χ2n) is 7.40. The van der Waals surface area contributed by atoms with E-state index in [0.29, 0.717) is 22.2 Å². The Morgan fingerprint density at radius 3 is 2.63 bits per heavy atom. The molecule has 2 aromatic heterocycles. The van der Waals surface area contributed by atoms with Crippen molar-refractivity contribution in [3.63, 3.8) is 0 Å². The molecule has 6 heteroatoms. The Bertz CT molecular complexity index is 1120. The molecule has 4 rings (SSSR count). The average Bonchev–Trinajstić information content (AvgIpc) is 3.21. The lowest BCUT2D eigenvalue weighted by Crippen LogP contribution is -2.42. The topological polar surface area (TPSA) is 66.1 Å². The molecular formula is C21H25N3O3. The summed E-state index contributed by atoms with van der Waals surface area (Å²) in [5.41, 5.74) is 0.916. The van der Waals surface area contributed by atoms with Crippen molar-refractivity contribution in [1.82, 2.24) is 14.1 Å². The molecule has 142 valence electrons. The van der Waals surface area contributed by atoms with E-state index in [0.717, 1.165) is 37.5 Å². The van der Waals surface area contributed by atoms with Crippen molar-refractivity contribution in [1.29, 1.82) is 0 Å².